The van der Waals surface area contributed by atoms with Crippen LogP contribution in [0.1, 0.15) is 52.3 Å². The molecular weight excluding hydrogens is 224 g/mol. The van der Waals surface area contributed by atoms with Crippen LogP contribution in [0.4, 0.5) is 0 Å². The minimum Gasteiger partial charge on any atom is -0.329 e. The van der Waals surface area contributed by atoms with Crippen molar-refractivity contribution < 1.29 is 0 Å². The van der Waals surface area contributed by atoms with Gasteiger partial charge in [-0.1, -0.05) is 20.8 Å². The molecule has 0 aliphatic heterocycles. The Balaban J connectivity index is 2.81. The normalized spacial score (nSPS) is 14.5. The van der Waals surface area contributed by atoms with Gasteiger partial charge < -0.3 is 5.73 Å². The smallest absolute Gasteiger partial charge is 0.0538 e. The average molecular weight is 252 g/mol. The number of hydrogen-bond donors (Lipinski definition) is 1. The van der Waals surface area contributed by atoms with Crippen LogP contribution in [0, 0.1) is 5.41 Å². The van der Waals surface area contributed by atoms with Gasteiger partial charge in [-0.05, 0) is 26.3 Å². The predicted molar refractivity (Wildman–Crippen MR) is 76.5 cm³/mol. The number of aromatic nitrogens is 2. The summed E-state index contributed by atoms with van der Waals surface area (Å²) in [6.07, 6.45) is 4.05. The second kappa shape index (κ2) is 5.85. The maximum absolute atomic E-state index is 5.93. The van der Waals surface area contributed by atoms with E-state index in [1.165, 1.54) is 5.56 Å². The van der Waals surface area contributed by atoms with Crippen LogP contribution < -0.4 is 5.73 Å². The summed E-state index contributed by atoms with van der Waals surface area (Å²) in [5.74, 6) is 0. The van der Waals surface area contributed by atoms with E-state index in [2.05, 4.69) is 57.9 Å². The van der Waals surface area contributed by atoms with Crippen molar-refractivity contribution in [1.82, 2.24) is 14.7 Å². The molecule has 0 saturated carbocycles. The summed E-state index contributed by atoms with van der Waals surface area (Å²) in [6, 6.07) is 0.641. The van der Waals surface area contributed by atoms with Gasteiger partial charge >= 0.3 is 0 Å². The highest BCUT2D eigenvalue weighted by atomic mass is 15.3. The van der Waals surface area contributed by atoms with Crippen LogP contribution in [-0.2, 0) is 0 Å². The molecule has 4 heteroatoms. The van der Waals surface area contributed by atoms with Crippen LogP contribution in [0.25, 0.3) is 0 Å². The largest absolute Gasteiger partial charge is 0.329 e. The summed E-state index contributed by atoms with van der Waals surface area (Å²) >= 11 is 0. The lowest BCUT2D eigenvalue weighted by Gasteiger charge is -2.32. The van der Waals surface area contributed by atoms with Crippen molar-refractivity contribution in [3.63, 3.8) is 0 Å². The van der Waals surface area contributed by atoms with Crippen LogP contribution in [0.2, 0.25) is 0 Å². The van der Waals surface area contributed by atoms with E-state index in [4.69, 9.17) is 5.73 Å². The van der Waals surface area contributed by atoms with Gasteiger partial charge in [-0.3, -0.25) is 9.58 Å². The lowest BCUT2D eigenvalue weighted by atomic mass is 9.95. The second-order valence-electron chi connectivity index (χ2n) is 6.57. The van der Waals surface area contributed by atoms with Crippen molar-refractivity contribution >= 4 is 0 Å². The first-order valence-corrected chi connectivity index (χ1v) is 6.69. The number of hydrogen-bond acceptors (Lipinski definition) is 3. The number of likely N-dealkylation sites (N-methyl/N-ethyl adjacent to an activating group) is 1. The minimum atomic E-state index is 0.247. The molecule has 0 aromatic carbocycles. The van der Waals surface area contributed by atoms with Gasteiger partial charge in [-0.2, -0.15) is 5.10 Å². The monoisotopic (exact) mass is 252 g/mol. The molecule has 4 nitrogen and oxygen atoms in total. The summed E-state index contributed by atoms with van der Waals surface area (Å²) in [6.45, 7) is 12.6. The third-order valence-corrected chi connectivity index (χ3v) is 3.01. The van der Waals surface area contributed by atoms with Gasteiger partial charge in [0, 0.05) is 36.9 Å². The molecule has 18 heavy (non-hydrogen) atoms. The van der Waals surface area contributed by atoms with E-state index in [1.807, 2.05) is 10.9 Å². The van der Waals surface area contributed by atoms with Gasteiger partial charge in [0.15, 0.2) is 0 Å². The molecule has 104 valence electrons. The van der Waals surface area contributed by atoms with E-state index >= 15 is 0 Å². The summed E-state index contributed by atoms with van der Waals surface area (Å²) < 4.78 is 1.99. The van der Waals surface area contributed by atoms with Crippen molar-refractivity contribution in [3.8, 4) is 0 Å². The lowest BCUT2D eigenvalue weighted by Crippen LogP contribution is -2.36. The summed E-state index contributed by atoms with van der Waals surface area (Å²) in [7, 11) is 2.13. The maximum Gasteiger partial charge on any atom is 0.0538 e. The summed E-state index contributed by atoms with van der Waals surface area (Å²) in [5.41, 5.74) is 7.41. The number of nitrogens with two attached hydrogens (primary N) is 1. The molecular formula is C14H28N4. The molecule has 1 atom stereocenters. The van der Waals surface area contributed by atoms with E-state index in [9.17, 15) is 0 Å². The Morgan fingerprint density at radius 2 is 2.00 bits per heavy atom. The topological polar surface area (TPSA) is 47.1 Å². The Kier molecular flexibility index (Phi) is 4.93. The fourth-order valence-electron chi connectivity index (χ4n) is 2.24. The molecule has 1 rings (SSSR count). The van der Waals surface area contributed by atoms with Gasteiger partial charge in [0.05, 0.1) is 6.20 Å². The van der Waals surface area contributed by atoms with E-state index in [1.54, 1.807) is 0 Å². The highest BCUT2D eigenvalue weighted by Crippen LogP contribution is 2.23. The minimum absolute atomic E-state index is 0.247. The molecule has 0 spiro atoms. The third kappa shape index (κ3) is 4.10. The van der Waals surface area contributed by atoms with E-state index in [0.717, 1.165) is 6.54 Å². The summed E-state index contributed by atoms with van der Waals surface area (Å²) in [5, 5.41) is 4.40. The zero-order valence-corrected chi connectivity index (χ0v) is 12.6. The van der Waals surface area contributed by atoms with Gasteiger partial charge in [0.2, 0.25) is 0 Å². The lowest BCUT2D eigenvalue weighted by molar-refractivity contribution is 0.175. The Labute approximate surface area is 111 Å². The molecule has 0 aliphatic rings. The van der Waals surface area contributed by atoms with E-state index in [0.29, 0.717) is 12.6 Å². The van der Waals surface area contributed by atoms with Crippen molar-refractivity contribution in [3.05, 3.63) is 18.0 Å². The van der Waals surface area contributed by atoms with Gasteiger partial charge in [-0.25, -0.2) is 0 Å². The molecule has 1 unspecified atom stereocenters. The molecule has 0 fully saturated rings. The predicted octanol–water partition coefficient (Wildman–Crippen LogP) is 2.44. The Morgan fingerprint density at radius 3 is 2.39 bits per heavy atom. The van der Waals surface area contributed by atoms with Crippen molar-refractivity contribution in [1.29, 1.82) is 0 Å². The fraction of sp³-hybridized carbons (Fsp3) is 0.786. The third-order valence-electron chi connectivity index (χ3n) is 3.01. The molecule has 1 aromatic heterocycles. The van der Waals surface area contributed by atoms with E-state index in [-0.39, 0.29) is 11.5 Å². The zero-order valence-electron chi connectivity index (χ0n) is 12.6. The number of rotatable bonds is 5. The van der Waals surface area contributed by atoms with Crippen LogP contribution in [0.15, 0.2) is 12.4 Å². The molecule has 1 heterocycles. The first-order valence-electron chi connectivity index (χ1n) is 6.69. The Morgan fingerprint density at radius 1 is 1.39 bits per heavy atom. The highest BCUT2D eigenvalue weighted by molar-refractivity contribution is 5.11. The van der Waals surface area contributed by atoms with Crippen molar-refractivity contribution in [2.45, 2.75) is 46.7 Å². The molecule has 2 N–H and O–H groups in total. The first-order chi connectivity index (χ1) is 8.24. The standard InChI is InChI=1S/C14H28N4/c1-11(2)18-9-12(8-16-18)13(7-15)17(6)10-14(3,4)5/h8-9,11,13H,7,10,15H2,1-6H3. The average Bonchev–Trinajstić information content (AvgIpc) is 2.65. The zero-order chi connectivity index (χ0) is 13.9. The highest BCUT2D eigenvalue weighted by Gasteiger charge is 2.22. The first kappa shape index (κ1) is 15.2. The Hall–Kier alpha value is -0.870. The molecule has 0 bridgehead atoms. The molecule has 0 aliphatic carbocycles. The van der Waals surface area contributed by atoms with Gasteiger partial charge in [0.1, 0.15) is 0 Å². The quantitative estimate of drug-likeness (QED) is 0.875. The molecule has 0 radical (unpaired) electrons. The van der Waals surface area contributed by atoms with E-state index < -0.39 is 0 Å². The van der Waals surface area contributed by atoms with Crippen LogP contribution in [-0.4, -0.2) is 34.8 Å². The molecule has 0 saturated heterocycles. The van der Waals surface area contributed by atoms with Crippen LogP contribution in [0.3, 0.4) is 0 Å². The second-order valence-corrected chi connectivity index (χ2v) is 6.57. The summed E-state index contributed by atoms with van der Waals surface area (Å²) in [4.78, 5) is 2.32. The molecule has 1 aromatic rings. The molecule has 0 amide bonds. The van der Waals surface area contributed by atoms with Crippen LogP contribution in [0.5, 0.6) is 0 Å². The van der Waals surface area contributed by atoms with Gasteiger partial charge in [0.25, 0.3) is 0 Å². The Bertz CT molecular complexity index is 362. The number of nitrogens with zero attached hydrogens (tertiary/aromatic N) is 3. The fourth-order valence-corrected chi connectivity index (χ4v) is 2.24. The van der Waals surface area contributed by atoms with Crippen molar-refractivity contribution in [2.75, 3.05) is 20.1 Å². The maximum atomic E-state index is 5.93. The van der Waals surface area contributed by atoms with Crippen molar-refractivity contribution in [2.24, 2.45) is 11.1 Å². The SMILES string of the molecule is CC(C)n1cc(C(CN)N(C)CC(C)(C)C)cn1. The van der Waals surface area contributed by atoms with Crippen LogP contribution >= 0.6 is 0 Å². The van der Waals surface area contributed by atoms with Gasteiger partial charge in [-0.15, -0.1) is 0 Å².